The first-order valence-electron chi connectivity index (χ1n) is 5.99. The fourth-order valence-corrected chi connectivity index (χ4v) is 2.90. The predicted octanol–water partition coefficient (Wildman–Crippen LogP) is 0.943. The Bertz CT molecular complexity index is 363. The van der Waals surface area contributed by atoms with E-state index >= 15 is 0 Å². The number of hydrogen-bond acceptors (Lipinski definition) is 6. The molecule has 0 amide bonds. The molecule has 0 aliphatic carbocycles. The van der Waals surface area contributed by atoms with Crippen molar-refractivity contribution in [2.45, 2.75) is 12.8 Å². The molecule has 0 bridgehead atoms. The molecular formula is C12H19N3O2S. The zero-order valence-electron chi connectivity index (χ0n) is 10.9. The molecule has 0 saturated carbocycles. The van der Waals surface area contributed by atoms with E-state index in [-0.39, 0.29) is 5.57 Å². The van der Waals surface area contributed by atoms with Gasteiger partial charge >= 0.3 is 5.97 Å². The van der Waals surface area contributed by atoms with Gasteiger partial charge in [0.1, 0.15) is 6.07 Å². The topological polar surface area (TPSA) is 65.4 Å². The van der Waals surface area contributed by atoms with Gasteiger partial charge < -0.3 is 15.0 Å². The van der Waals surface area contributed by atoms with Gasteiger partial charge in [0.15, 0.2) is 5.57 Å². The molecule has 1 saturated heterocycles. The molecule has 6 heteroatoms. The third-order valence-corrected chi connectivity index (χ3v) is 3.90. The van der Waals surface area contributed by atoms with Crippen LogP contribution in [-0.2, 0) is 9.53 Å². The Morgan fingerprint density at radius 1 is 1.67 bits per heavy atom. The van der Waals surface area contributed by atoms with Gasteiger partial charge in [0.05, 0.1) is 12.1 Å². The van der Waals surface area contributed by atoms with Gasteiger partial charge in [-0.3, -0.25) is 0 Å². The third kappa shape index (κ3) is 3.93. The number of carbonyl (C=O) groups is 1. The zero-order valence-corrected chi connectivity index (χ0v) is 11.7. The molecule has 1 N–H and O–H groups in total. The molecule has 18 heavy (non-hydrogen) atoms. The molecule has 5 nitrogen and oxygen atoms in total. The van der Waals surface area contributed by atoms with Crippen molar-refractivity contribution in [2.75, 3.05) is 39.5 Å². The highest BCUT2D eigenvalue weighted by molar-refractivity contribution is 8.03. The zero-order chi connectivity index (χ0) is 13.4. The number of methoxy groups -OCH3 is 1. The first kappa shape index (κ1) is 14.9. The average Bonchev–Trinajstić information content (AvgIpc) is 2.41. The number of nitriles is 1. The van der Waals surface area contributed by atoms with Crippen LogP contribution in [0.3, 0.4) is 0 Å². The van der Waals surface area contributed by atoms with Crippen LogP contribution in [0.25, 0.3) is 0 Å². The highest BCUT2D eigenvalue weighted by Gasteiger charge is 2.24. The smallest absolute Gasteiger partial charge is 0.351 e. The van der Waals surface area contributed by atoms with Crippen molar-refractivity contribution < 1.29 is 9.53 Å². The molecule has 0 aromatic carbocycles. The summed E-state index contributed by atoms with van der Waals surface area (Å²) < 4.78 is 4.66. The summed E-state index contributed by atoms with van der Waals surface area (Å²) in [5.74, 6) is 0.403. The van der Waals surface area contributed by atoms with E-state index in [1.54, 1.807) is 11.8 Å². The molecule has 1 aliphatic heterocycles. The highest BCUT2D eigenvalue weighted by Crippen LogP contribution is 2.30. The van der Waals surface area contributed by atoms with E-state index < -0.39 is 5.97 Å². The fourth-order valence-electron chi connectivity index (χ4n) is 1.79. The van der Waals surface area contributed by atoms with E-state index in [0.717, 1.165) is 43.3 Å². The summed E-state index contributed by atoms with van der Waals surface area (Å²) in [6, 6.07) is 1.97. The second kappa shape index (κ2) is 8.01. The van der Waals surface area contributed by atoms with Crippen LogP contribution in [0.15, 0.2) is 10.6 Å². The molecule has 1 fully saturated rings. The van der Waals surface area contributed by atoms with Crippen LogP contribution in [0.1, 0.15) is 12.8 Å². The predicted molar refractivity (Wildman–Crippen MR) is 71.8 cm³/mol. The maximum atomic E-state index is 11.6. The van der Waals surface area contributed by atoms with E-state index in [1.807, 2.05) is 13.1 Å². The molecule has 0 atom stereocenters. The quantitative estimate of drug-likeness (QED) is 0.347. The minimum Gasteiger partial charge on any atom is -0.465 e. The van der Waals surface area contributed by atoms with Crippen LogP contribution < -0.4 is 5.32 Å². The van der Waals surface area contributed by atoms with E-state index in [9.17, 15) is 4.79 Å². The Balaban J connectivity index is 2.82. The number of thioether (sulfide) groups is 1. The van der Waals surface area contributed by atoms with Crippen LogP contribution in [0.5, 0.6) is 0 Å². The molecule has 100 valence electrons. The Morgan fingerprint density at radius 3 is 3.06 bits per heavy atom. The molecule has 1 heterocycles. The summed E-state index contributed by atoms with van der Waals surface area (Å²) >= 11 is 1.57. The first-order chi connectivity index (χ1) is 8.74. The Kier molecular flexibility index (Phi) is 6.61. The SMILES string of the molecule is CNCCCN1CCCSC1=C(C#N)C(=O)OC. The van der Waals surface area contributed by atoms with Gasteiger partial charge in [-0.2, -0.15) is 5.26 Å². The van der Waals surface area contributed by atoms with Gasteiger partial charge in [-0.15, -0.1) is 11.8 Å². The molecular weight excluding hydrogens is 250 g/mol. The summed E-state index contributed by atoms with van der Waals surface area (Å²) in [5.41, 5.74) is 0.131. The summed E-state index contributed by atoms with van der Waals surface area (Å²) in [7, 11) is 3.22. The van der Waals surface area contributed by atoms with Gasteiger partial charge in [0.25, 0.3) is 0 Å². The number of hydrogen-bond donors (Lipinski definition) is 1. The number of carbonyl (C=O) groups excluding carboxylic acids is 1. The molecule has 0 spiro atoms. The lowest BCUT2D eigenvalue weighted by molar-refractivity contribution is -0.135. The van der Waals surface area contributed by atoms with Crippen molar-refractivity contribution in [3.05, 3.63) is 10.6 Å². The van der Waals surface area contributed by atoms with Crippen molar-refractivity contribution >= 4 is 17.7 Å². The summed E-state index contributed by atoms with van der Waals surface area (Å²) in [6.07, 6.45) is 2.06. The van der Waals surface area contributed by atoms with Gasteiger partial charge in [0, 0.05) is 18.8 Å². The first-order valence-corrected chi connectivity index (χ1v) is 6.98. The van der Waals surface area contributed by atoms with Crippen LogP contribution in [0, 0.1) is 11.3 Å². The van der Waals surface area contributed by atoms with Crippen molar-refractivity contribution in [1.29, 1.82) is 5.26 Å². The monoisotopic (exact) mass is 269 g/mol. The number of nitrogens with one attached hydrogen (secondary N) is 1. The lowest BCUT2D eigenvalue weighted by atomic mass is 10.2. The largest absolute Gasteiger partial charge is 0.465 e. The Hall–Kier alpha value is -1.19. The molecule has 0 radical (unpaired) electrons. The third-order valence-electron chi connectivity index (χ3n) is 2.67. The van der Waals surface area contributed by atoms with Crippen LogP contribution in [0.2, 0.25) is 0 Å². The van der Waals surface area contributed by atoms with Crippen molar-refractivity contribution in [3.8, 4) is 6.07 Å². The Morgan fingerprint density at radius 2 is 2.44 bits per heavy atom. The van der Waals surface area contributed by atoms with E-state index in [1.165, 1.54) is 7.11 Å². The maximum absolute atomic E-state index is 11.6. The van der Waals surface area contributed by atoms with Gasteiger partial charge in [0.2, 0.25) is 0 Å². The molecule has 0 unspecified atom stereocenters. The number of rotatable bonds is 5. The van der Waals surface area contributed by atoms with Crippen molar-refractivity contribution in [1.82, 2.24) is 10.2 Å². The average molecular weight is 269 g/mol. The van der Waals surface area contributed by atoms with Crippen LogP contribution in [-0.4, -0.2) is 50.4 Å². The number of esters is 1. The molecule has 1 rings (SSSR count). The lowest BCUT2D eigenvalue weighted by Gasteiger charge is -2.31. The number of nitrogens with zero attached hydrogens (tertiary/aromatic N) is 2. The van der Waals surface area contributed by atoms with Gasteiger partial charge in [-0.05, 0) is 26.4 Å². The molecule has 0 aromatic rings. The molecule has 1 aliphatic rings. The summed E-state index contributed by atoms with van der Waals surface area (Å²) in [6.45, 7) is 2.67. The van der Waals surface area contributed by atoms with Crippen LogP contribution in [0.4, 0.5) is 0 Å². The minimum atomic E-state index is -0.541. The molecule has 0 aromatic heterocycles. The lowest BCUT2D eigenvalue weighted by Crippen LogP contribution is -2.31. The highest BCUT2D eigenvalue weighted by atomic mass is 32.2. The van der Waals surface area contributed by atoms with Gasteiger partial charge in [-0.25, -0.2) is 4.79 Å². The van der Waals surface area contributed by atoms with Crippen molar-refractivity contribution in [2.24, 2.45) is 0 Å². The standard InChI is InChI=1S/C12H19N3O2S/c1-14-5-3-6-15-7-4-8-18-11(15)10(9-13)12(16)17-2/h14H,3-8H2,1-2H3. The van der Waals surface area contributed by atoms with E-state index in [0.29, 0.717) is 0 Å². The van der Waals surface area contributed by atoms with E-state index in [4.69, 9.17) is 5.26 Å². The second-order valence-corrected chi connectivity index (χ2v) is 5.01. The summed E-state index contributed by atoms with van der Waals surface area (Å²) in [5, 5.41) is 13.0. The van der Waals surface area contributed by atoms with Crippen molar-refractivity contribution in [3.63, 3.8) is 0 Å². The van der Waals surface area contributed by atoms with Crippen LogP contribution >= 0.6 is 11.8 Å². The second-order valence-electron chi connectivity index (χ2n) is 3.93. The summed E-state index contributed by atoms with van der Waals surface area (Å²) in [4.78, 5) is 13.7. The Labute approximate surface area is 112 Å². The normalized spacial score (nSPS) is 18.2. The van der Waals surface area contributed by atoms with Gasteiger partial charge in [-0.1, -0.05) is 0 Å². The number of ether oxygens (including phenoxy) is 1. The maximum Gasteiger partial charge on any atom is 0.351 e. The fraction of sp³-hybridized carbons (Fsp3) is 0.667. The van der Waals surface area contributed by atoms with E-state index in [2.05, 4.69) is 15.0 Å². The minimum absolute atomic E-state index is 0.131.